The number of thioether (sulfide) groups is 1. The first-order valence-corrected chi connectivity index (χ1v) is 12.5. The monoisotopic (exact) mass is 465 g/mol. The van der Waals surface area contributed by atoms with Gasteiger partial charge in [-0.15, -0.1) is 0 Å². The number of benzene rings is 2. The van der Waals surface area contributed by atoms with E-state index in [0.717, 1.165) is 18.5 Å². The van der Waals surface area contributed by atoms with Gasteiger partial charge in [-0.3, -0.25) is 14.2 Å². The number of hydrogen-bond acceptors (Lipinski definition) is 5. The Balaban J connectivity index is 1.60. The molecule has 4 rings (SSSR count). The topological polar surface area (TPSA) is 64.4 Å². The van der Waals surface area contributed by atoms with Crippen LogP contribution in [0.3, 0.4) is 0 Å². The van der Waals surface area contributed by atoms with Gasteiger partial charge in [-0.25, -0.2) is 4.98 Å². The lowest BCUT2D eigenvalue weighted by Crippen LogP contribution is -2.40. The zero-order valence-electron chi connectivity index (χ0n) is 19.5. The average Bonchev–Trinajstić information content (AvgIpc) is 2.82. The highest BCUT2D eigenvalue weighted by atomic mass is 32.2. The van der Waals surface area contributed by atoms with E-state index >= 15 is 0 Å². The summed E-state index contributed by atoms with van der Waals surface area (Å²) < 4.78 is 7.36. The Morgan fingerprint density at radius 3 is 2.70 bits per heavy atom. The van der Waals surface area contributed by atoms with Crippen LogP contribution in [-0.4, -0.2) is 40.0 Å². The molecule has 0 spiro atoms. The van der Waals surface area contributed by atoms with E-state index < -0.39 is 0 Å². The van der Waals surface area contributed by atoms with Crippen LogP contribution in [0.25, 0.3) is 10.9 Å². The fourth-order valence-electron chi connectivity index (χ4n) is 4.17. The Morgan fingerprint density at radius 1 is 1.12 bits per heavy atom. The molecule has 1 unspecified atom stereocenters. The van der Waals surface area contributed by atoms with Crippen molar-refractivity contribution in [3.05, 3.63) is 64.4 Å². The van der Waals surface area contributed by atoms with Crippen LogP contribution in [-0.2, 0) is 22.5 Å². The third-order valence-corrected chi connectivity index (χ3v) is 6.89. The Kier molecular flexibility index (Phi) is 7.50. The summed E-state index contributed by atoms with van der Waals surface area (Å²) >= 11 is 1.36. The molecule has 1 atom stereocenters. The summed E-state index contributed by atoms with van der Waals surface area (Å²) in [5.41, 5.74) is 2.79. The quantitative estimate of drug-likeness (QED) is 0.275. The number of carbonyl (C=O) groups is 1. The number of fused-ring (bicyclic) bond motifs is 2. The van der Waals surface area contributed by atoms with Gasteiger partial charge in [0.2, 0.25) is 5.91 Å². The number of ether oxygens (including phenoxy) is 1. The minimum absolute atomic E-state index is 0.0456. The van der Waals surface area contributed by atoms with Crippen LogP contribution in [0.4, 0.5) is 5.69 Å². The number of rotatable bonds is 8. The van der Waals surface area contributed by atoms with Crippen molar-refractivity contribution in [2.45, 2.75) is 63.1 Å². The highest BCUT2D eigenvalue weighted by molar-refractivity contribution is 8.00. The lowest BCUT2D eigenvalue weighted by molar-refractivity contribution is -0.117. The lowest BCUT2D eigenvalue weighted by atomic mass is 10.0. The largest absolute Gasteiger partial charge is 0.379 e. The molecule has 0 N–H and O–H groups in total. The molecule has 1 aliphatic heterocycles. The summed E-state index contributed by atoms with van der Waals surface area (Å²) in [7, 11) is 0. The molecule has 0 radical (unpaired) electrons. The van der Waals surface area contributed by atoms with Crippen molar-refractivity contribution in [2.24, 2.45) is 0 Å². The number of amides is 1. The van der Waals surface area contributed by atoms with E-state index in [1.807, 2.05) is 62.1 Å². The first-order valence-electron chi connectivity index (χ1n) is 11.6. The van der Waals surface area contributed by atoms with Crippen molar-refractivity contribution in [3.8, 4) is 0 Å². The molecule has 1 aliphatic rings. The minimum atomic E-state index is -0.373. The SMILES string of the molecule is CC(C)OCCCn1c(SC(C)C(=O)N2CCCc3ccccc32)nc2ccccc2c1=O. The van der Waals surface area contributed by atoms with Crippen molar-refractivity contribution < 1.29 is 9.53 Å². The van der Waals surface area contributed by atoms with Gasteiger partial charge < -0.3 is 9.64 Å². The normalized spacial score (nSPS) is 14.5. The lowest BCUT2D eigenvalue weighted by Gasteiger charge is -2.31. The summed E-state index contributed by atoms with van der Waals surface area (Å²) in [4.78, 5) is 33.4. The Bertz CT molecular complexity index is 1190. The second kappa shape index (κ2) is 10.5. The molecule has 0 saturated heterocycles. The van der Waals surface area contributed by atoms with Gasteiger partial charge in [0.1, 0.15) is 0 Å². The summed E-state index contributed by atoms with van der Waals surface area (Å²) in [5.74, 6) is 0.0456. The molecule has 7 heteroatoms. The fraction of sp³-hybridized carbons (Fsp3) is 0.423. The van der Waals surface area contributed by atoms with Gasteiger partial charge in [-0.1, -0.05) is 42.1 Å². The number of anilines is 1. The summed E-state index contributed by atoms with van der Waals surface area (Å²) in [6.45, 7) is 7.68. The molecule has 6 nitrogen and oxygen atoms in total. The molecule has 2 heterocycles. The van der Waals surface area contributed by atoms with Gasteiger partial charge in [-0.2, -0.15) is 0 Å². The van der Waals surface area contributed by atoms with Gasteiger partial charge in [0, 0.05) is 25.4 Å². The van der Waals surface area contributed by atoms with Gasteiger partial charge >= 0.3 is 0 Å². The predicted octanol–water partition coefficient (Wildman–Crippen LogP) is 4.67. The van der Waals surface area contributed by atoms with E-state index in [9.17, 15) is 9.59 Å². The van der Waals surface area contributed by atoms with Crippen LogP contribution in [0.15, 0.2) is 58.5 Å². The van der Waals surface area contributed by atoms with Gasteiger partial charge in [0.15, 0.2) is 5.16 Å². The van der Waals surface area contributed by atoms with Gasteiger partial charge in [-0.05, 0) is 63.8 Å². The number of carbonyl (C=O) groups excluding carboxylic acids is 1. The Hall–Kier alpha value is -2.64. The Labute approximate surface area is 199 Å². The molecule has 0 aliphatic carbocycles. The van der Waals surface area contributed by atoms with E-state index in [1.165, 1.54) is 17.3 Å². The van der Waals surface area contributed by atoms with Crippen LogP contribution in [0.5, 0.6) is 0 Å². The minimum Gasteiger partial charge on any atom is -0.379 e. The molecule has 1 amide bonds. The molecule has 2 aromatic carbocycles. The van der Waals surface area contributed by atoms with E-state index in [2.05, 4.69) is 6.07 Å². The first-order chi connectivity index (χ1) is 16.0. The maximum atomic E-state index is 13.4. The van der Waals surface area contributed by atoms with Crippen LogP contribution in [0.1, 0.15) is 39.2 Å². The van der Waals surface area contributed by atoms with Crippen LogP contribution >= 0.6 is 11.8 Å². The third kappa shape index (κ3) is 5.31. The third-order valence-electron chi connectivity index (χ3n) is 5.81. The fourth-order valence-corrected chi connectivity index (χ4v) is 5.16. The van der Waals surface area contributed by atoms with E-state index in [1.54, 1.807) is 10.6 Å². The second-order valence-corrected chi connectivity index (χ2v) is 9.93. The molecule has 174 valence electrons. The number of hydrogen-bond donors (Lipinski definition) is 0. The number of nitrogens with zero attached hydrogens (tertiary/aromatic N) is 3. The van der Waals surface area contributed by atoms with Gasteiger partial charge in [0.25, 0.3) is 5.56 Å². The van der Waals surface area contributed by atoms with Crippen molar-refractivity contribution >= 4 is 34.3 Å². The van der Waals surface area contributed by atoms with E-state index in [4.69, 9.17) is 9.72 Å². The molecule has 0 fully saturated rings. The molecular formula is C26H31N3O3S. The summed E-state index contributed by atoms with van der Waals surface area (Å²) in [5, 5.41) is 0.798. The first kappa shape index (κ1) is 23.5. The molecular weight excluding hydrogens is 434 g/mol. The zero-order chi connectivity index (χ0) is 23.4. The number of aromatic nitrogens is 2. The molecule has 0 saturated carbocycles. The smallest absolute Gasteiger partial charge is 0.262 e. The van der Waals surface area contributed by atoms with Gasteiger partial charge in [0.05, 0.1) is 22.3 Å². The summed E-state index contributed by atoms with van der Waals surface area (Å²) in [6, 6.07) is 15.5. The molecule has 1 aromatic heterocycles. The van der Waals surface area contributed by atoms with Crippen LogP contribution < -0.4 is 10.5 Å². The molecule has 33 heavy (non-hydrogen) atoms. The highest BCUT2D eigenvalue weighted by Gasteiger charge is 2.28. The maximum absolute atomic E-state index is 13.4. The van der Waals surface area contributed by atoms with Crippen molar-refractivity contribution in [1.29, 1.82) is 0 Å². The molecule has 3 aromatic rings. The standard InChI is InChI=1S/C26H31N3O3S/c1-18(2)32-17-9-16-29-25(31)21-12-5-6-13-22(21)27-26(29)33-19(3)24(30)28-15-8-11-20-10-4-7-14-23(20)28/h4-7,10,12-14,18-19H,8-9,11,15-17H2,1-3H3. The van der Waals surface area contributed by atoms with E-state index in [0.29, 0.717) is 42.2 Å². The van der Waals surface area contributed by atoms with E-state index in [-0.39, 0.29) is 22.8 Å². The number of para-hydroxylation sites is 2. The zero-order valence-corrected chi connectivity index (χ0v) is 20.3. The molecule has 0 bridgehead atoms. The average molecular weight is 466 g/mol. The van der Waals surface area contributed by atoms with Crippen LogP contribution in [0.2, 0.25) is 0 Å². The van der Waals surface area contributed by atoms with Crippen LogP contribution in [0, 0.1) is 0 Å². The number of aryl methyl sites for hydroxylation is 1. The Morgan fingerprint density at radius 2 is 1.88 bits per heavy atom. The maximum Gasteiger partial charge on any atom is 0.262 e. The van der Waals surface area contributed by atoms with Crippen molar-refractivity contribution in [2.75, 3.05) is 18.1 Å². The predicted molar refractivity (Wildman–Crippen MR) is 134 cm³/mol. The van der Waals surface area contributed by atoms with Crippen molar-refractivity contribution in [3.63, 3.8) is 0 Å². The summed E-state index contributed by atoms with van der Waals surface area (Å²) in [6.07, 6.45) is 2.80. The van der Waals surface area contributed by atoms with Crippen molar-refractivity contribution in [1.82, 2.24) is 9.55 Å². The second-order valence-electron chi connectivity index (χ2n) is 8.62. The highest BCUT2D eigenvalue weighted by Crippen LogP contribution is 2.30.